The Morgan fingerprint density at radius 1 is 1.89 bits per heavy atom. The van der Waals surface area contributed by atoms with Crippen molar-refractivity contribution in [3.63, 3.8) is 0 Å². The second-order valence-electron chi connectivity index (χ2n) is 1.76. The fourth-order valence-corrected chi connectivity index (χ4v) is 0.554. The van der Waals surface area contributed by atoms with Gasteiger partial charge >= 0.3 is 0 Å². The Balaban J connectivity index is 2.80. The van der Waals surface area contributed by atoms with Crippen molar-refractivity contribution < 1.29 is 5.11 Å². The van der Waals surface area contributed by atoms with Crippen LogP contribution in [-0.4, -0.2) is 15.1 Å². The number of imidazole rings is 1. The van der Waals surface area contributed by atoms with Crippen molar-refractivity contribution in [1.29, 1.82) is 0 Å². The first kappa shape index (κ1) is 5.88. The average molecular weight is 124 g/mol. The Hall–Kier alpha value is -1.25. The lowest BCUT2D eigenvalue weighted by Gasteiger charge is -1.84. The van der Waals surface area contributed by atoms with Crippen molar-refractivity contribution in [2.24, 2.45) is 0 Å². The molecule has 0 unspecified atom stereocenters. The van der Waals surface area contributed by atoms with Crippen molar-refractivity contribution in [2.75, 3.05) is 0 Å². The maximum atomic E-state index is 8.73. The first-order valence-electron chi connectivity index (χ1n) is 2.65. The van der Waals surface area contributed by atoms with Gasteiger partial charge in [0.1, 0.15) is 5.82 Å². The van der Waals surface area contributed by atoms with Crippen LogP contribution >= 0.6 is 0 Å². The van der Waals surface area contributed by atoms with E-state index in [9.17, 15) is 0 Å². The smallest absolute Gasteiger partial charge is 0.133 e. The van der Waals surface area contributed by atoms with Gasteiger partial charge in [0.15, 0.2) is 0 Å². The summed E-state index contributed by atoms with van der Waals surface area (Å²) in [4.78, 5) is 6.69. The molecule has 0 aliphatic rings. The minimum absolute atomic E-state index is 0.255. The van der Waals surface area contributed by atoms with Gasteiger partial charge in [0, 0.05) is 18.5 Å². The number of aliphatic hydroxyl groups is 1. The van der Waals surface area contributed by atoms with E-state index in [1.54, 1.807) is 25.4 Å². The van der Waals surface area contributed by atoms with Crippen LogP contribution in [0.2, 0.25) is 0 Å². The Morgan fingerprint density at radius 3 is 3.11 bits per heavy atom. The van der Waals surface area contributed by atoms with Crippen LogP contribution in [0.3, 0.4) is 0 Å². The van der Waals surface area contributed by atoms with E-state index in [4.69, 9.17) is 5.11 Å². The molecule has 9 heavy (non-hydrogen) atoms. The fourth-order valence-electron chi connectivity index (χ4n) is 0.554. The maximum absolute atomic E-state index is 8.73. The van der Waals surface area contributed by atoms with Gasteiger partial charge in [-0.25, -0.2) is 4.98 Å². The predicted molar refractivity (Wildman–Crippen MR) is 34.9 cm³/mol. The lowest BCUT2D eigenvalue weighted by molar-refractivity contribution is 0.419. The molecule has 0 aliphatic carbocycles. The number of aromatic amines is 1. The van der Waals surface area contributed by atoms with Crippen molar-refractivity contribution in [3.8, 4) is 0 Å². The topological polar surface area (TPSA) is 48.9 Å². The van der Waals surface area contributed by atoms with Gasteiger partial charge in [-0.1, -0.05) is 0 Å². The number of H-pyrrole nitrogens is 1. The largest absolute Gasteiger partial charge is 0.512 e. The molecule has 3 heteroatoms. The normalized spacial score (nSPS) is 11.9. The Kier molecular flexibility index (Phi) is 1.53. The lowest BCUT2D eigenvalue weighted by Crippen LogP contribution is -1.75. The SMILES string of the molecule is CC(O)=Cc1ncc[nH]1. The number of nitrogens with zero attached hydrogens (tertiary/aromatic N) is 1. The van der Waals surface area contributed by atoms with Gasteiger partial charge in [0.2, 0.25) is 0 Å². The Bertz CT molecular complexity index is 197. The van der Waals surface area contributed by atoms with Crippen molar-refractivity contribution in [2.45, 2.75) is 6.92 Å². The highest BCUT2D eigenvalue weighted by Gasteiger charge is 1.86. The van der Waals surface area contributed by atoms with Gasteiger partial charge in [-0.3, -0.25) is 0 Å². The van der Waals surface area contributed by atoms with E-state index in [1.165, 1.54) is 0 Å². The van der Waals surface area contributed by atoms with E-state index in [0.29, 0.717) is 5.82 Å². The zero-order valence-corrected chi connectivity index (χ0v) is 5.13. The molecule has 0 fully saturated rings. The molecule has 0 amide bonds. The molecule has 0 spiro atoms. The highest BCUT2D eigenvalue weighted by molar-refractivity contribution is 5.40. The standard InChI is InChI=1S/C6H8N2O/c1-5(9)4-6-7-2-3-8-6/h2-4,9H,1H3,(H,7,8). The van der Waals surface area contributed by atoms with Gasteiger partial charge in [-0.05, 0) is 6.92 Å². The summed E-state index contributed by atoms with van der Waals surface area (Å²) in [5.74, 6) is 0.931. The highest BCUT2D eigenvalue weighted by Crippen LogP contribution is 1.95. The van der Waals surface area contributed by atoms with E-state index in [-0.39, 0.29) is 5.76 Å². The third kappa shape index (κ3) is 1.60. The number of aliphatic hydroxyl groups excluding tert-OH is 1. The van der Waals surface area contributed by atoms with Crippen LogP contribution in [0.25, 0.3) is 6.08 Å². The Morgan fingerprint density at radius 2 is 2.67 bits per heavy atom. The number of hydrogen-bond acceptors (Lipinski definition) is 2. The van der Waals surface area contributed by atoms with Crippen LogP contribution < -0.4 is 0 Å². The van der Waals surface area contributed by atoms with Crippen LogP contribution in [0.15, 0.2) is 18.2 Å². The van der Waals surface area contributed by atoms with E-state index in [1.807, 2.05) is 0 Å². The van der Waals surface area contributed by atoms with Crippen molar-refractivity contribution in [1.82, 2.24) is 9.97 Å². The molecule has 1 rings (SSSR count). The molecular weight excluding hydrogens is 116 g/mol. The van der Waals surface area contributed by atoms with E-state index in [0.717, 1.165) is 0 Å². The zero-order valence-electron chi connectivity index (χ0n) is 5.13. The minimum Gasteiger partial charge on any atom is -0.512 e. The summed E-state index contributed by atoms with van der Waals surface area (Å²) in [6.07, 6.45) is 4.89. The molecule has 1 aromatic heterocycles. The number of hydrogen-bond donors (Lipinski definition) is 2. The molecule has 0 atom stereocenters. The molecule has 0 radical (unpaired) electrons. The molecule has 0 saturated carbocycles. The summed E-state index contributed by atoms with van der Waals surface area (Å²) < 4.78 is 0. The summed E-state index contributed by atoms with van der Waals surface area (Å²) in [6.45, 7) is 1.60. The number of allylic oxidation sites excluding steroid dienone is 1. The summed E-state index contributed by atoms with van der Waals surface area (Å²) >= 11 is 0. The van der Waals surface area contributed by atoms with E-state index < -0.39 is 0 Å². The van der Waals surface area contributed by atoms with Gasteiger partial charge in [-0.15, -0.1) is 0 Å². The van der Waals surface area contributed by atoms with Crippen molar-refractivity contribution >= 4 is 6.08 Å². The summed E-state index contributed by atoms with van der Waals surface area (Å²) in [6, 6.07) is 0. The molecule has 1 aromatic rings. The summed E-state index contributed by atoms with van der Waals surface area (Å²) in [7, 11) is 0. The van der Waals surface area contributed by atoms with Crippen LogP contribution in [0.1, 0.15) is 12.7 Å². The maximum Gasteiger partial charge on any atom is 0.133 e. The van der Waals surface area contributed by atoms with Crippen LogP contribution in [0.4, 0.5) is 0 Å². The lowest BCUT2D eigenvalue weighted by atomic mass is 10.5. The van der Waals surface area contributed by atoms with E-state index in [2.05, 4.69) is 9.97 Å². The molecule has 0 aliphatic heterocycles. The first-order valence-corrected chi connectivity index (χ1v) is 2.65. The molecule has 0 saturated heterocycles. The third-order valence-electron chi connectivity index (χ3n) is 0.865. The zero-order chi connectivity index (χ0) is 6.69. The minimum atomic E-state index is 0.255. The number of nitrogens with one attached hydrogen (secondary N) is 1. The second kappa shape index (κ2) is 2.35. The molecule has 1 heterocycles. The molecule has 3 nitrogen and oxygen atoms in total. The van der Waals surface area contributed by atoms with Gasteiger partial charge in [0.05, 0.1) is 5.76 Å². The Labute approximate surface area is 53.1 Å². The monoisotopic (exact) mass is 124 g/mol. The molecule has 0 aromatic carbocycles. The number of aromatic nitrogens is 2. The van der Waals surface area contributed by atoms with Crippen LogP contribution in [-0.2, 0) is 0 Å². The highest BCUT2D eigenvalue weighted by atomic mass is 16.3. The second-order valence-corrected chi connectivity index (χ2v) is 1.76. The predicted octanol–water partition coefficient (Wildman–Crippen LogP) is 1.33. The molecular formula is C6H8N2O. The van der Waals surface area contributed by atoms with E-state index >= 15 is 0 Å². The number of rotatable bonds is 1. The molecule has 48 valence electrons. The molecule has 2 N–H and O–H groups in total. The average Bonchev–Trinajstić information content (AvgIpc) is 2.15. The third-order valence-corrected chi connectivity index (χ3v) is 0.865. The van der Waals surface area contributed by atoms with Gasteiger partial charge in [0.25, 0.3) is 0 Å². The first-order chi connectivity index (χ1) is 4.29. The van der Waals surface area contributed by atoms with Crippen LogP contribution in [0, 0.1) is 0 Å². The fraction of sp³-hybridized carbons (Fsp3) is 0.167. The summed E-state index contributed by atoms with van der Waals surface area (Å²) in [5.41, 5.74) is 0. The molecule has 0 bridgehead atoms. The van der Waals surface area contributed by atoms with Gasteiger partial charge < -0.3 is 10.1 Å². The van der Waals surface area contributed by atoms with Gasteiger partial charge in [-0.2, -0.15) is 0 Å². The van der Waals surface area contributed by atoms with Crippen LogP contribution in [0.5, 0.6) is 0 Å². The summed E-state index contributed by atoms with van der Waals surface area (Å²) in [5, 5.41) is 8.73. The quantitative estimate of drug-likeness (QED) is 0.555. The van der Waals surface area contributed by atoms with Crippen molar-refractivity contribution in [3.05, 3.63) is 24.0 Å².